The molecule has 160 valence electrons. The number of nitrogens with one attached hydrogen (secondary N) is 1. The molecule has 0 bridgehead atoms. The fraction of sp³-hybridized carbons (Fsp3) is 0.591. The van der Waals surface area contributed by atoms with Crippen LogP contribution < -0.4 is 5.32 Å². The molecule has 1 amide bonds. The number of carbonyl (C=O) groups is 1. The van der Waals surface area contributed by atoms with Crippen LogP contribution in [0.15, 0.2) is 24.3 Å². The Balaban J connectivity index is 0.00000300. The van der Waals surface area contributed by atoms with Gasteiger partial charge in [0, 0.05) is 12.6 Å². The third-order valence-corrected chi connectivity index (χ3v) is 5.89. The number of nitrogens with zero attached hydrogens (tertiary/aromatic N) is 4. The zero-order chi connectivity index (χ0) is 20.1. The molecule has 2 aromatic rings. The Morgan fingerprint density at radius 1 is 1.21 bits per heavy atom. The molecule has 1 unspecified atom stereocenters. The van der Waals surface area contributed by atoms with Crippen molar-refractivity contribution in [1.82, 2.24) is 25.2 Å². The summed E-state index contributed by atoms with van der Waals surface area (Å²) in [6.07, 6.45) is 3.83. The second-order valence-corrected chi connectivity index (χ2v) is 7.79. The first-order valence-corrected chi connectivity index (χ1v) is 10.5. The molecule has 1 fully saturated rings. The zero-order valence-corrected chi connectivity index (χ0v) is 18.8. The van der Waals surface area contributed by atoms with Gasteiger partial charge in [-0.3, -0.25) is 4.79 Å². The number of amides is 1. The van der Waals surface area contributed by atoms with Gasteiger partial charge in [-0.1, -0.05) is 42.0 Å². The van der Waals surface area contributed by atoms with Crippen LogP contribution in [0.2, 0.25) is 0 Å². The summed E-state index contributed by atoms with van der Waals surface area (Å²) in [6, 6.07) is 9.08. The van der Waals surface area contributed by atoms with Gasteiger partial charge in [0.1, 0.15) is 0 Å². The SMILES string of the molecule is CCC(Cc1ccc(C)cc1)N(CC)C(=O)c1nnn(C2CCNCC2)c1C.Cl. The summed E-state index contributed by atoms with van der Waals surface area (Å²) in [7, 11) is 0. The van der Waals surface area contributed by atoms with Gasteiger partial charge < -0.3 is 10.2 Å². The molecular formula is C22H34ClN5O. The molecule has 6 nitrogen and oxygen atoms in total. The first kappa shape index (κ1) is 23.4. The van der Waals surface area contributed by atoms with Gasteiger partial charge in [0.05, 0.1) is 11.7 Å². The van der Waals surface area contributed by atoms with Gasteiger partial charge in [-0.05, 0) is 65.1 Å². The number of piperidine rings is 1. The number of aryl methyl sites for hydroxylation is 1. The first-order chi connectivity index (χ1) is 13.5. The number of halogens is 1. The molecule has 1 N–H and O–H groups in total. The Labute approximate surface area is 180 Å². The predicted octanol–water partition coefficient (Wildman–Crippen LogP) is 3.72. The standard InChI is InChI=1S/C22H33N5O.ClH/c1-5-19(15-18-9-7-16(3)8-10-18)26(6-2)22(28)21-17(4)27(25-24-21)20-11-13-23-14-12-20;/h7-10,19-20,23H,5-6,11-15H2,1-4H3;1H. The molecule has 1 aliphatic rings. The highest BCUT2D eigenvalue weighted by atomic mass is 35.5. The Hall–Kier alpha value is -1.92. The number of likely N-dealkylation sites (N-methyl/N-ethyl adjacent to an activating group) is 1. The summed E-state index contributed by atoms with van der Waals surface area (Å²) in [5.41, 5.74) is 3.91. The summed E-state index contributed by atoms with van der Waals surface area (Å²) in [5.74, 6) is -0.000791. The summed E-state index contributed by atoms with van der Waals surface area (Å²) in [5, 5.41) is 12.0. The summed E-state index contributed by atoms with van der Waals surface area (Å²) in [4.78, 5) is 15.3. The monoisotopic (exact) mass is 419 g/mol. The maximum Gasteiger partial charge on any atom is 0.276 e. The van der Waals surface area contributed by atoms with Crippen LogP contribution in [-0.4, -0.2) is 51.5 Å². The van der Waals surface area contributed by atoms with Crippen LogP contribution in [0.4, 0.5) is 0 Å². The van der Waals surface area contributed by atoms with Gasteiger partial charge in [0.15, 0.2) is 5.69 Å². The minimum Gasteiger partial charge on any atom is -0.334 e. The molecular weight excluding hydrogens is 386 g/mol. The molecule has 2 heterocycles. The number of carbonyl (C=O) groups excluding carboxylic acids is 1. The van der Waals surface area contributed by atoms with Gasteiger partial charge in [-0.25, -0.2) is 4.68 Å². The van der Waals surface area contributed by atoms with E-state index >= 15 is 0 Å². The van der Waals surface area contributed by atoms with Crippen molar-refractivity contribution in [3.63, 3.8) is 0 Å². The molecule has 0 spiro atoms. The lowest BCUT2D eigenvalue weighted by Crippen LogP contribution is -2.41. The van der Waals surface area contributed by atoms with Crippen molar-refractivity contribution in [2.45, 2.75) is 65.5 Å². The van der Waals surface area contributed by atoms with Gasteiger partial charge in [-0.2, -0.15) is 0 Å². The van der Waals surface area contributed by atoms with E-state index in [0.29, 0.717) is 18.3 Å². The second kappa shape index (κ2) is 10.7. The molecule has 0 radical (unpaired) electrons. The maximum absolute atomic E-state index is 13.3. The van der Waals surface area contributed by atoms with E-state index in [4.69, 9.17) is 0 Å². The molecule has 29 heavy (non-hydrogen) atoms. The smallest absolute Gasteiger partial charge is 0.276 e. The highest BCUT2D eigenvalue weighted by molar-refractivity contribution is 5.93. The lowest BCUT2D eigenvalue weighted by atomic mass is 10.0. The van der Waals surface area contributed by atoms with E-state index in [2.05, 4.69) is 53.7 Å². The molecule has 7 heteroatoms. The predicted molar refractivity (Wildman–Crippen MR) is 119 cm³/mol. The molecule has 1 atom stereocenters. The van der Waals surface area contributed by atoms with Gasteiger partial charge in [0.25, 0.3) is 5.91 Å². The van der Waals surface area contributed by atoms with E-state index < -0.39 is 0 Å². The number of hydrogen-bond acceptors (Lipinski definition) is 4. The first-order valence-electron chi connectivity index (χ1n) is 10.5. The summed E-state index contributed by atoms with van der Waals surface area (Å²) in [6.45, 7) is 10.9. The Bertz CT molecular complexity index is 783. The molecule has 1 aromatic carbocycles. The van der Waals surface area contributed by atoms with Gasteiger partial charge in [-0.15, -0.1) is 17.5 Å². The van der Waals surface area contributed by atoms with Gasteiger partial charge in [0.2, 0.25) is 0 Å². The maximum atomic E-state index is 13.3. The molecule has 1 aliphatic heterocycles. The largest absolute Gasteiger partial charge is 0.334 e. The lowest BCUT2D eigenvalue weighted by molar-refractivity contribution is 0.0677. The fourth-order valence-corrected chi connectivity index (χ4v) is 4.11. The van der Waals surface area contributed by atoms with E-state index in [1.807, 2.05) is 23.4 Å². The summed E-state index contributed by atoms with van der Waals surface area (Å²) < 4.78 is 1.96. The van der Waals surface area contributed by atoms with Crippen LogP contribution in [-0.2, 0) is 6.42 Å². The quantitative estimate of drug-likeness (QED) is 0.742. The van der Waals surface area contributed by atoms with E-state index in [-0.39, 0.29) is 24.4 Å². The minimum atomic E-state index is -0.000791. The van der Waals surface area contributed by atoms with Gasteiger partial charge >= 0.3 is 0 Å². The normalized spacial score (nSPS) is 15.6. The molecule has 3 rings (SSSR count). The van der Waals surface area contributed by atoms with Crippen molar-refractivity contribution in [3.05, 3.63) is 46.8 Å². The van der Waals surface area contributed by atoms with Crippen LogP contribution in [0, 0.1) is 13.8 Å². The Morgan fingerprint density at radius 2 is 1.86 bits per heavy atom. The number of rotatable bonds is 7. The zero-order valence-electron chi connectivity index (χ0n) is 18.0. The van der Waals surface area contributed by atoms with Crippen molar-refractivity contribution in [1.29, 1.82) is 0 Å². The number of hydrogen-bond donors (Lipinski definition) is 1. The average molecular weight is 420 g/mol. The van der Waals surface area contributed by atoms with Crippen molar-refractivity contribution < 1.29 is 4.79 Å². The third kappa shape index (κ3) is 5.37. The molecule has 0 aliphatic carbocycles. The highest BCUT2D eigenvalue weighted by Gasteiger charge is 2.28. The van der Waals surface area contributed by atoms with Crippen molar-refractivity contribution >= 4 is 18.3 Å². The van der Waals surface area contributed by atoms with Crippen LogP contribution >= 0.6 is 12.4 Å². The molecule has 1 aromatic heterocycles. The van der Waals surface area contributed by atoms with Crippen molar-refractivity contribution in [2.24, 2.45) is 0 Å². The second-order valence-electron chi connectivity index (χ2n) is 7.79. The molecule has 0 saturated carbocycles. The van der Waals surface area contributed by atoms with Crippen LogP contribution in [0.25, 0.3) is 0 Å². The van der Waals surface area contributed by atoms with E-state index in [1.165, 1.54) is 11.1 Å². The van der Waals surface area contributed by atoms with Crippen LogP contribution in [0.5, 0.6) is 0 Å². The highest BCUT2D eigenvalue weighted by Crippen LogP contribution is 2.22. The Kier molecular flexibility index (Phi) is 8.65. The number of benzene rings is 1. The van der Waals surface area contributed by atoms with E-state index in [9.17, 15) is 4.79 Å². The third-order valence-electron chi connectivity index (χ3n) is 5.89. The van der Waals surface area contributed by atoms with E-state index in [1.54, 1.807) is 0 Å². The van der Waals surface area contributed by atoms with E-state index in [0.717, 1.165) is 44.5 Å². The minimum absolute atomic E-state index is 0. The van der Waals surface area contributed by atoms with Crippen LogP contribution in [0.1, 0.15) is 66.5 Å². The average Bonchev–Trinajstić information content (AvgIpc) is 3.11. The lowest BCUT2D eigenvalue weighted by Gasteiger charge is -2.30. The van der Waals surface area contributed by atoms with Crippen molar-refractivity contribution in [3.8, 4) is 0 Å². The number of aromatic nitrogens is 3. The van der Waals surface area contributed by atoms with Crippen LogP contribution in [0.3, 0.4) is 0 Å². The topological polar surface area (TPSA) is 63.1 Å². The van der Waals surface area contributed by atoms with Crippen molar-refractivity contribution in [2.75, 3.05) is 19.6 Å². The Morgan fingerprint density at radius 3 is 2.45 bits per heavy atom. The fourth-order valence-electron chi connectivity index (χ4n) is 4.11. The molecule has 1 saturated heterocycles. The summed E-state index contributed by atoms with van der Waals surface area (Å²) >= 11 is 0.